The molecule has 0 saturated carbocycles. The lowest BCUT2D eigenvalue weighted by atomic mass is 10.0. The molecule has 5 heteroatoms. The van der Waals surface area contributed by atoms with Gasteiger partial charge in [0.05, 0.1) is 0 Å². The van der Waals surface area contributed by atoms with E-state index in [1.165, 1.54) is 12.8 Å². The first kappa shape index (κ1) is 16.5. The number of ether oxygens (including phenoxy) is 1. The Balaban J connectivity index is 0.00000121. The summed E-state index contributed by atoms with van der Waals surface area (Å²) in [6.45, 7) is 0. The molecule has 3 rings (SSSR count). The van der Waals surface area contributed by atoms with Crippen molar-refractivity contribution in [1.82, 2.24) is 4.90 Å². The standard InChI is InChI=1S/C16H21NO3.BrH/c1-17-12-7-8-13(17)10-14(9-12)20-16(19)15(18)11-5-3-2-4-6-11;/h2-6,12-15,18H,7-10H2,1H3;1H. The van der Waals surface area contributed by atoms with Crippen LogP contribution in [0.5, 0.6) is 0 Å². The maximum absolute atomic E-state index is 12.0. The minimum Gasteiger partial charge on any atom is -1.00 e. The van der Waals surface area contributed by atoms with E-state index < -0.39 is 12.1 Å². The highest BCUT2D eigenvalue weighted by molar-refractivity contribution is 5.76. The van der Waals surface area contributed by atoms with E-state index in [2.05, 4.69) is 11.9 Å². The number of hydrogen-bond donors (Lipinski definition) is 1. The lowest BCUT2D eigenvalue weighted by Gasteiger charge is -2.36. The van der Waals surface area contributed by atoms with Gasteiger partial charge in [0.25, 0.3) is 0 Å². The van der Waals surface area contributed by atoms with E-state index in [-0.39, 0.29) is 24.5 Å². The van der Waals surface area contributed by atoms with Gasteiger partial charge in [-0.3, -0.25) is 0 Å². The van der Waals surface area contributed by atoms with Crippen LogP contribution in [0.1, 0.15) is 38.8 Å². The zero-order valence-corrected chi connectivity index (χ0v) is 13.7. The van der Waals surface area contributed by atoms with Gasteiger partial charge in [-0.25, -0.2) is 4.79 Å². The summed E-state index contributed by atoms with van der Waals surface area (Å²) in [6.07, 6.45) is 2.94. The highest BCUT2D eigenvalue weighted by Crippen LogP contribution is 2.35. The summed E-state index contributed by atoms with van der Waals surface area (Å²) in [5, 5.41) is 10.0. The van der Waals surface area contributed by atoms with Gasteiger partial charge in [-0.1, -0.05) is 30.3 Å². The van der Waals surface area contributed by atoms with Crippen LogP contribution in [-0.2, 0) is 9.53 Å². The van der Waals surface area contributed by atoms with E-state index in [9.17, 15) is 9.90 Å². The number of aliphatic hydroxyl groups is 1. The Morgan fingerprint density at radius 2 is 1.86 bits per heavy atom. The van der Waals surface area contributed by atoms with Crippen molar-refractivity contribution in [2.45, 2.75) is 50.0 Å². The second-order valence-corrected chi connectivity index (χ2v) is 5.89. The summed E-state index contributed by atoms with van der Waals surface area (Å²) >= 11 is 0. The average Bonchev–Trinajstić information content (AvgIpc) is 2.69. The van der Waals surface area contributed by atoms with Gasteiger partial charge in [-0.2, -0.15) is 0 Å². The van der Waals surface area contributed by atoms with E-state index in [0.717, 1.165) is 12.8 Å². The number of aliphatic hydroxyl groups excluding tert-OH is 1. The molecule has 0 radical (unpaired) electrons. The molecule has 1 aromatic carbocycles. The fourth-order valence-electron chi connectivity index (χ4n) is 3.46. The summed E-state index contributed by atoms with van der Waals surface area (Å²) in [4.78, 5) is 14.4. The van der Waals surface area contributed by atoms with Crippen molar-refractivity contribution >= 4 is 5.97 Å². The van der Waals surface area contributed by atoms with Gasteiger partial charge in [0.2, 0.25) is 0 Å². The average molecular weight is 356 g/mol. The van der Waals surface area contributed by atoms with Crippen molar-refractivity contribution in [3.8, 4) is 0 Å². The van der Waals surface area contributed by atoms with E-state index in [1.807, 2.05) is 18.2 Å². The zero-order chi connectivity index (χ0) is 14.1. The smallest absolute Gasteiger partial charge is 1.00 e. The number of esters is 1. The van der Waals surface area contributed by atoms with Gasteiger partial charge in [0.1, 0.15) is 6.10 Å². The van der Waals surface area contributed by atoms with Gasteiger partial charge in [0, 0.05) is 12.1 Å². The molecule has 0 spiro atoms. The van der Waals surface area contributed by atoms with Crippen LogP contribution in [0.4, 0.5) is 0 Å². The van der Waals surface area contributed by atoms with E-state index in [1.54, 1.807) is 12.1 Å². The topological polar surface area (TPSA) is 49.8 Å². The van der Waals surface area contributed by atoms with Crippen LogP contribution < -0.4 is 17.0 Å². The Kier molecular flexibility index (Phi) is 5.41. The number of halogens is 1. The number of rotatable bonds is 3. The fourth-order valence-corrected chi connectivity index (χ4v) is 3.46. The third-order valence-corrected chi connectivity index (χ3v) is 4.68. The second kappa shape index (κ2) is 6.90. The lowest BCUT2D eigenvalue weighted by Crippen LogP contribution is -3.00. The number of benzene rings is 1. The Bertz CT molecular complexity index is 474. The van der Waals surface area contributed by atoms with Crippen molar-refractivity contribution in [3.05, 3.63) is 35.9 Å². The first-order chi connectivity index (χ1) is 9.65. The quantitative estimate of drug-likeness (QED) is 0.707. The third-order valence-electron chi connectivity index (χ3n) is 4.68. The van der Waals surface area contributed by atoms with E-state index in [4.69, 9.17) is 4.74 Å². The molecule has 0 aromatic heterocycles. The summed E-state index contributed by atoms with van der Waals surface area (Å²) in [5.41, 5.74) is 0.591. The molecule has 1 aromatic rings. The number of piperidine rings is 1. The maximum Gasteiger partial charge on any atom is 1.00 e. The summed E-state index contributed by atoms with van der Waals surface area (Å²) in [7, 11) is 2.15. The van der Waals surface area contributed by atoms with Crippen molar-refractivity contribution < 1.29 is 33.0 Å². The van der Waals surface area contributed by atoms with Crippen LogP contribution >= 0.6 is 0 Å². The second-order valence-electron chi connectivity index (χ2n) is 5.89. The van der Waals surface area contributed by atoms with Crippen LogP contribution in [0.3, 0.4) is 0 Å². The Morgan fingerprint density at radius 1 is 1.29 bits per heavy atom. The van der Waals surface area contributed by atoms with Gasteiger partial charge >= 0.3 is 7.40 Å². The molecule has 0 aliphatic carbocycles. The first-order valence-electron chi connectivity index (χ1n) is 7.30. The van der Waals surface area contributed by atoms with Crippen LogP contribution in [-0.4, -0.2) is 41.2 Å². The summed E-state index contributed by atoms with van der Waals surface area (Å²) < 4.78 is 5.52. The van der Waals surface area contributed by atoms with Crippen LogP contribution in [0.25, 0.3) is 0 Å². The Hall–Kier alpha value is -0.910. The number of carbonyl (C=O) groups excluding carboxylic acids is 1. The molecular formula is C16H22BrNO3. The van der Waals surface area contributed by atoms with Crippen molar-refractivity contribution in [2.75, 3.05) is 7.05 Å². The van der Waals surface area contributed by atoms with Gasteiger partial charge in [-0.05, 0) is 38.3 Å². The molecule has 2 aliphatic heterocycles. The fraction of sp³-hybridized carbons (Fsp3) is 0.562. The molecule has 2 aliphatic rings. The zero-order valence-electron chi connectivity index (χ0n) is 13.1. The molecule has 2 saturated heterocycles. The van der Waals surface area contributed by atoms with Gasteiger partial charge in [-0.15, -0.1) is 0 Å². The first-order valence-corrected chi connectivity index (χ1v) is 7.30. The van der Waals surface area contributed by atoms with Crippen molar-refractivity contribution in [1.29, 1.82) is 0 Å². The van der Waals surface area contributed by atoms with Gasteiger partial charge < -0.3 is 31.7 Å². The lowest BCUT2D eigenvalue weighted by molar-refractivity contribution is -0.162. The third kappa shape index (κ3) is 3.47. The molecule has 0 amide bonds. The normalized spacial score (nSPS) is 29.5. The van der Waals surface area contributed by atoms with Crippen molar-refractivity contribution in [2.24, 2.45) is 0 Å². The Morgan fingerprint density at radius 3 is 2.43 bits per heavy atom. The largest absolute Gasteiger partial charge is 1.00 e. The molecule has 2 bridgehead atoms. The predicted molar refractivity (Wildman–Crippen MR) is 76.2 cm³/mol. The minimum absolute atomic E-state index is 0. The van der Waals surface area contributed by atoms with Crippen LogP contribution in [0.2, 0.25) is 0 Å². The Labute approximate surface area is 137 Å². The molecule has 2 fully saturated rings. The number of fused-ring (bicyclic) bond motifs is 2. The van der Waals surface area contributed by atoms with E-state index >= 15 is 0 Å². The number of hydrogen-bond acceptors (Lipinski definition) is 4. The molecule has 3 unspecified atom stereocenters. The monoisotopic (exact) mass is 355 g/mol. The minimum atomic E-state index is -1.17. The molecule has 2 heterocycles. The number of carbonyl (C=O) groups is 1. The number of nitrogens with zero attached hydrogens (tertiary/aromatic N) is 1. The SMILES string of the molecule is CN1C2CCC1CC(OC(=O)C(O)c1ccccc1)C2.[Br-].[H+]. The molecule has 3 atom stereocenters. The predicted octanol–water partition coefficient (Wildman–Crippen LogP) is -0.995. The van der Waals surface area contributed by atoms with Crippen molar-refractivity contribution in [3.63, 3.8) is 0 Å². The van der Waals surface area contributed by atoms with Crippen LogP contribution in [0.15, 0.2) is 30.3 Å². The summed E-state index contributed by atoms with van der Waals surface area (Å²) in [6, 6.07) is 10.0. The summed E-state index contributed by atoms with van der Waals surface area (Å²) in [5.74, 6) is -0.523. The van der Waals surface area contributed by atoms with Gasteiger partial charge in [0.15, 0.2) is 6.10 Å². The van der Waals surface area contributed by atoms with Crippen LogP contribution in [0, 0.1) is 0 Å². The molecule has 116 valence electrons. The molecule has 21 heavy (non-hydrogen) atoms. The molecule has 1 N–H and O–H groups in total. The maximum atomic E-state index is 12.0. The highest BCUT2D eigenvalue weighted by atomic mass is 79.9. The highest BCUT2D eigenvalue weighted by Gasteiger charge is 2.40. The van der Waals surface area contributed by atoms with E-state index in [0.29, 0.717) is 17.6 Å². The molecule has 4 nitrogen and oxygen atoms in total. The molecular weight excluding hydrogens is 334 g/mol.